The van der Waals surface area contributed by atoms with Crippen LogP contribution in [0.4, 0.5) is 11.6 Å². The molecule has 9 heteroatoms. The van der Waals surface area contributed by atoms with Crippen molar-refractivity contribution in [1.82, 2.24) is 19.7 Å². The Morgan fingerprint density at radius 2 is 1.97 bits per heavy atom. The lowest BCUT2D eigenvalue weighted by Crippen LogP contribution is -2.31. The number of benzene rings is 2. The molecule has 1 aliphatic heterocycles. The molecule has 0 saturated heterocycles. The Kier molecular flexibility index (Phi) is 5.73. The van der Waals surface area contributed by atoms with Gasteiger partial charge in [0.25, 0.3) is 5.91 Å². The fourth-order valence-electron chi connectivity index (χ4n) is 3.92. The summed E-state index contributed by atoms with van der Waals surface area (Å²) >= 11 is 6.05. The number of methoxy groups -OCH3 is 1. The van der Waals surface area contributed by atoms with Crippen LogP contribution < -0.4 is 15.4 Å². The fourth-order valence-corrected chi connectivity index (χ4v) is 4.05. The molecule has 2 aromatic heterocycles. The summed E-state index contributed by atoms with van der Waals surface area (Å²) in [5, 5.41) is 11.6. The molecule has 0 saturated carbocycles. The van der Waals surface area contributed by atoms with Gasteiger partial charge in [-0.15, -0.1) is 5.10 Å². The lowest BCUT2D eigenvalue weighted by molar-refractivity contribution is -0.113. The Labute approximate surface area is 201 Å². The quantitative estimate of drug-likeness (QED) is 0.427. The van der Waals surface area contributed by atoms with Crippen LogP contribution in [-0.2, 0) is 4.79 Å². The number of hydrogen-bond donors (Lipinski definition) is 2. The zero-order chi connectivity index (χ0) is 23.7. The zero-order valence-electron chi connectivity index (χ0n) is 18.5. The summed E-state index contributed by atoms with van der Waals surface area (Å²) < 4.78 is 7.17. The second-order valence-electron chi connectivity index (χ2n) is 7.75. The van der Waals surface area contributed by atoms with Gasteiger partial charge in [-0.25, -0.2) is 4.68 Å². The van der Waals surface area contributed by atoms with Gasteiger partial charge in [0.1, 0.15) is 11.8 Å². The first-order valence-electron chi connectivity index (χ1n) is 10.6. The standard InChI is InChI=1S/C25H21ClN6O2/c1-15-21(24(33)29-19-6-4-12-27-14-19)22(17-5-3-7-20(13-17)34-2)32-25(28-15)30-23(31-32)16-8-10-18(26)11-9-16/h3-14,22H,1-2H3,(H,29,33)(H,28,30,31). The van der Waals surface area contributed by atoms with Gasteiger partial charge in [0.15, 0.2) is 5.82 Å². The number of anilines is 2. The predicted octanol–water partition coefficient (Wildman–Crippen LogP) is 4.93. The van der Waals surface area contributed by atoms with E-state index in [9.17, 15) is 4.79 Å². The SMILES string of the molecule is COc1cccc(C2C(C(=O)Nc3cccnc3)=C(C)Nc3nc(-c4ccc(Cl)cc4)nn32)c1. The maximum absolute atomic E-state index is 13.5. The molecule has 0 aliphatic carbocycles. The van der Waals surface area contributed by atoms with Crippen LogP contribution in [-0.4, -0.2) is 32.8 Å². The molecular weight excluding hydrogens is 452 g/mol. The molecule has 1 atom stereocenters. The maximum Gasteiger partial charge on any atom is 0.255 e. The Morgan fingerprint density at radius 3 is 2.71 bits per heavy atom. The van der Waals surface area contributed by atoms with E-state index in [4.69, 9.17) is 21.4 Å². The molecule has 5 rings (SSSR count). The minimum absolute atomic E-state index is 0.264. The molecule has 2 N–H and O–H groups in total. The highest BCUT2D eigenvalue weighted by Crippen LogP contribution is 2.37. The van der Waals surface area contributed by atoms with Crippen molar-refractivity contribution in [3.63, 3.8) is 0 Å². The lowest BCUT2D eigenvalue weighted by Gasteiger charge is -2.28. The molecule has 0 fully saturated rings. The molecule has 2 aromatic carbocycles. The highest BCUT2D eigenvalue weighted by atomic mass is 35.5. The number of nitrogens with zero attached hydrogens (tertiary/aromatic N) is 4. The maximum atomic E-state index is 13.5. The van der Waals surface area contributed by atoms with Gasteiger partial charge in [-0.1, -0.05) is 23.7 Å². The summed E-state index contributed by atoms with van der Waals surface area (Å²) in [4.78, 5) is 22.3. The molecule has 4 aromatic rings. The van der Waals surface area contributed by atoms with Gasteiger partial charge < -0.3 is 15.4 Å². The Morgan fingerprint density at radius 1 is 1.15 bits per heavy atom. The van der Waals surface area contributed by atoms with Gasteiger partial charge in [-0.05, 0) is 61.0 Å². The van der Waals surface area contributed by atoms with Gasteiger partial charge in [0, 0.05) is 22.5 Å². The monoisotopic (exact) mass is 472 g/mol. The number of pyridine rings is 1. The number of carbonyl (C=O) groups excluding carboxylic acids is 1. The molecule has 1 aliphatic rings. The summed E-state index contributed by atoms with van der Waals surface area (Å²) in [6, 6.07) is 17.9. The Hall–Kier alpha value is -4.17. The zero-order valence-corrected chi connectivity index (χ0v) is 19.2. The summed E-state index contributed by atoms with van der Waals surface area (Å²) in [6.45, 7) is 1.85. The van der Waals surface area contributed by atoms with Crippen molar-refractivity contribution < 1.29 is 9.53 Å². The predicted molar refractivity (Wildman–Crippen MR) is 131 cm³/mol. The molecule has 0 radical (unpaired) electrons. The average molecular weight is 473 g/mol. The van der Waals surface area contributed by atoms with Crippen molar-refractivity contribution in [2.45, 2.75) is 13.0 Å². The molecule has 8 nitrogen and oxygen atoms in total. The summed E-state index contributed by atoms with van der Waals surface area (Å²) in [7, 11) is 1.61. The number of allylic oxidation sites excluding steroid dienone is 1. The third kappa shape index (κ3) is 4.11. The van der Waals surface area contributed by atoms with E-state index in [1.54, 1.807) is 48.5 Å². The molecule has 3 heterocycles. The van der Waals surface area contributed by atoms with Gasteiger partial charge >= 0.3 is 0 Å². The first kappa shape index (κ1) is 21.7. The highest BCUT2D eigenvalue weighted by Gasteiger charge is 2.34. The van der Waals surface area contributed by atoms with E-state index in [2.05, 4.69) is 20.6 Å². The number of carbonyl (C=O) groups is 1. The van der Waals surface area contributed by atoms with Crippen molar-refractivity contribution in [2.24, 2.45) is 0 Å². The molecule has 34 heavy (non-hydrogen) atoms. The topological polar surface area (TPSA) is 94.0 Å². The van der Waals surface area contributed by atoms with Crippen LogP contribution in [0, 0.1) is 0 Å². The molecule has 170 valence electrons. The molecule has 0 spiro atoms. The molecule has 1 amide bonds. The minimum atomic E-state index is -0.531. The number of hydrogen-bond acceptors (Lipinski definition) is 6. The van der Waals surface area contributed by atoms with Crippen molar-refractivity contribution in [3.8, 4) is 17.1 Å². The van der Waals surface area contributed by atoms with Gasteiger partial charge in [-0.2, -0.15) is 4.98 Å². The molecule has 1 unspecified atom stereocenters. The van der Waals surface area contributed by atoms with Crippen molar-refractivity contribution in [3.05, 3.63) is 94.9 Å². The number of ether oxygens (including phenoxy) is 1. The average Bonchev–Trinajstić information content (AvgIpc) is 3.27. The number of halogens is 1. The largest absolute Gasteiger partial charge is 0.497 e. The van der Waals surface area contributed by atoms with Crippen LogP contribution in [0.2, 0.25) is 5.02 Å². The van der Waals surface area contributed by atoms with E-state index in [0.29, 0.717) is 39.5 Å². The summed E-state index contributed by atoms with van der Waals surface area (Å²) in [5.41, 5.74) is 3.44. The fraction of sp³-hybridized carbons (Fsp3) is 0.120. The van der Waals surface area contributed by atoms with Crippen molar-refractivity contribution in [2.75, 3.05) is 17.7 Å². The van der Waals surface area contributed by atoms with E-state index in [0.717, 1.165) is 11.1 Å². The third-order valence-corrected chi connectivity index (χ3v) is 5.78. The molecular formula is C25H21ClN6O2. The van der Waals surface area contributed by atoms with Crippen molar-refractivity contribution in [1.29, 1.82) is 0 Å². The van der Waals surface area contributed by atoms with Crippen molar-refractivity contribution >= 4 is 29.1 Å². The Bertz CT molecular complexity index is 1380. The summed E-state index contributed by atoms with van der Waals surface area (Å²) in [5.74, 6) is 1.47. The van der Waals surface area contributed by atoms with E-state index in [1.165, 1.54) is 0 Å². The van der Waals surface area contributed by atoms with Gasteiger partial charge in [0.05, 0.1) is 24.6 Å². The number of amides is 1. The normalized spacial score (nSPS) is 14.9. The van der Waals surface area contributed by atoms with E-state index in [1.807, 2.05) is 43.3 Å². The second kappa shape index (κ2) is 8.99. The van der Waals surface area contributed by atoms with Crippen LogP contribution in [0.15, 0.2) is 84.3 Å². The number of rotatable bonds is 5. The van der Waals surface area contributed by atoms with Crippen LogP contribution >= 0.6 is 11.6 Å². The Balaban J connectivity index is 1.61. The number of aromatic nitrogens is 4. The second-order valence-corrected chi connectivity index (χ2v) is 8.19. The van der Waals surface area contributed by atoms with Crippen LogP contribution in [0.25, 0.3) is 11.4 Å². The third-order valence-electron chi connectivity index (χ3n) is 5.53. The summed E-state index contributed by atoms with van der Waals surface area (Å²) in [6.07, 6.45) is 3.26. The number of nitrogens with one attached hydrogen (secondary N) is 2. The van der Waals surface area contributed by atoms with Crippen LogP contribution in [0.3, 0.4) is 0 Å². The minimum Gasteiger partial charge on any atom is -0.497 e. The van der Waals surface area contributed by atoms with E-state index < -0.39 is 6.04 Å². The van der Waals surface area contributed by atoms with E-state index >= 15 is 0 Å². The lowest BCUT2D eigenvalue weighted by atomic mass is 9.95. The van der Waals surface area contributed by atoms with Gasteiger partial charge in [0.2, 0.25) is 5.95 Å². The van der Waals surface area contributed by atoms with Crippen LogP contribution in [0.5, 0.6) is 5.75 Å². The van der Waals surface area contributed by atoms with E-state index in [-0.39, 0.29) is 5.91 Å². The highest BCUT2D eigenvalue weighted by molar-refractivity contribution is 6.30. The first-order valence-corrected chi connectivity index (χ1v) is 11.0. The number of fused-ring (bicyclic) bond motifs is 1. The van der Waals surface area contributed by atoms with Crippen LogP contribution in [0.1, 0.15) is 18.5 Å². The van der Waals surface area contributed by atoms with Gasteiger partial charge in [-0.3, -0.25) is 9.78 Å². The smallest absolute Gasteiger partial charge is 0.255 e. The first-order chi connectivity index (χ1) is 16.5. The molecule has 0 bridgehead atoms.